The molecule has 1 N–H and O–H groups in total. The van der Waals surface area contributed by atoms with E-state index < -0.39 is 0 Å². The fourth-order valence-corrected chi connectivity index (χ4v) is 2.60. The second-order valence-corrected chi connectivity index (χ2v) is 5.95. The van der Waals surface area contributed by atoms with Crippen LogP contribution in [0.3, 0.4) is 0 Å². The van der Waals surface area contributed by atoms with Gasteiger partial charge in [0.15, 0.2) is 0 Å². The van der Waals surface area contributed by atoms with Crippen LogP contribution < -0.4 is 5.32 Å². The Morgan fingerprint density at radius 2 is 2.00 bits per heavy atom. The van der Waals surface area contributed by atoms with E-state index in [0.717, 1.165) is 21.8 Å². The third-order valence-corrected chi connectivity index (χ3v) is 4.42. The van der Waals surface area contributed by atoms with Crippen LogP contribution in [-0.2, 0) is 0 Å². The van der Waals surface area contributed by atoms with E-state index in [-0.39, 0.29) is 0 Å². The van der Waals surface area contributed by atoms with Gasteiger partial charge in [0.05, 0.1) is 17.9 Å². The van der Waals surface area contributed by atoms with Gasteiger partial charge in [-0.2, -0.15) is 0 Å². The second-order valence-electron chi connectivity index (χ2n) is 5.20. The Balaban J connectivity index is 1.84. The van der Waals surface area contributed by atoms with Crippen molar-refractivity contribution in [3.8, 4) is 0 Å². The lowest BCUT2D eigenvalue weighted by atomic mass is 10.0. The summed E-state index contributed by atoms with van der Waals surface area (Å²) in [6.07, 6.45) is 4.53. The largest absolute Gasteiger partial charge is 0.377 e. The molecule has 3 rings (SSSR count). The van der Waals surface area contributed by atoms with Gasteiger partial charge >= 0.3 is 0 Å². The lowest BCUT2D eigenvalue weighted by Crippen LogP contribution is -2.13. The highest BCUT2D eigenvalue weighted by molar-refractivity contribution is 9.10. The molecule has 3 heteroatoms. The van der Waals surface area contributed by atoms with Crippen molar-refractivity contribution in [3.63, 3.8) is 0 Å². The van der Waals surface area contributed by atoms with Crippen LogP contribution in [0.5, 0.6) is 0 Å². The normalized spacial score (nSPS) is 16.1. The van der Waals surface area contributed by atoms with Gasteiger partial charge in [-0.15, -0.1) is 0 Å². The SMILES string of the molecule is Cc1cc(NC(c2ccccc2)C2CC2)cnc1Br. The van der Waals surface area contributed by atoms with Gasteiger partial charge in [0.2, 0.25) is 0 Å². The van der Waals surface area contributed by atoms with Crippen LogP contribution in [0.15, 0.2) is 47.2 Å². The summed E-state index contributed by atoms with van der Waals surface area (Å²) < 4.78 is 0.917. The zero-order valence-electron chi connectivity index (χ0n) is 10.9. The minimum absolute atomic E-state index is 0.406. The molecule has 98 valence electrons. The summed E-state index contributed by atoms with van der Waals surface area (Å²) in [6, 6.07) is 13.2. The fourth-order valence-electron chi connectivity index (χ4n) is 2.38. The summed E-state index contributed by atoms with van der Waals surface area (Å²) in [5.74, 6) is 0.756. The van der Waals surface area contributed by atoms with E-state index in [1.165, 1.54) is 18.4 Å². The Morgan fingerprint density at radius 1 is 1.26 bits per heavy atom. The Hall–Kier alpha value is -1.35. The zero-order valence-corrected chi connectivity index (χ0v) is 12.5. The molecule has 1 aromatic carbocycles. The van der Waals surface area contributed by atoms with Crippen molar-refractivity contribution in [3.05, 3.63) is 58.3 Å². The molecule has 2 nitrogen and oxygen atoms in total. The number of rotatable bonds is 4. The summed E-state index contributed by atoms with van der Waals surface area (Å²) >= 11 is 3.44. The summed E-state index contributed by atoms with van der Waals surface area (Å²) in [4.78, 5) is 4.36. The van der Waals surface area contributed by atoms with E-state index in [2.05, 4.69) is 69.6 Å². The third kappa shape index (κ3) is 2.98. The van der Waals surface area contributed by atoms with Gasteiger partial charge in [-0.3, -0.25) is 0 Å². The van der Waals surface area contributed by atoms with Crippen molar-refractivity contribution in [1.29, 1.82) is 0 Å². The number of anilines is 1. The topological polar surface area (TPSA) is 24.9 Å². The Labute approximate surface area is 122 Å². The van der Waals surface area contributed by atoms with Crippen molar-refractivity contribution < 1.29 is 0 Å². The molecule has 0 saturated heterocycles. The van der Waals surface area contributed by atoms with Crippen molar-refractivity contribution in [2.24, 2.45) is 5.92 Å². The quantitative estimate of drug-likeness (QED) is 0.826. The molecule has 0 amide bonds. The molecule has 1 heterocycles. The van der Waals surface area contributed by atoms with E-state index in [9.17, 15) is 0 Å². The van der Waals surface area contributed by atoms with E-state index >= 15 is 0 Å². The van der Waals surface area contributed by atoms with Crippen LogP contribution in [0, 0.1) is 12.8 Å². The van der Waals surface area contributed by atoms with Crippen LogP contribution in [0.25, 0.3) is 0 Å². The zero-order chi connectivity index (χ0) is 13.2. The monoisotopic (exact) mass is 316 g/mol. The maximum Gasteiger partial charge on any atom is 0.109 e. The summed E-state index contributed by atoms with van der Waals surface area (Å²) in [7, 11) is 0. The average Bonchev–Trinajstić information content (AvgIpc) is 3.25. The van der Waals surface area contributed by atoms with Gasteiger partial charge < -0.3 is 5.32 Å². The number of benzene rings is 1. The van der Waals surface area contributed by atoms with Crippen molar-refractivity contribution in [2.75, 3.05) is 5.32 Å². The minimum Gasteiger partial charge on any atom is -0.377 e. The number of aromatic nitrogens is 1. The molecule has 0 aliphatic heterocycles. The summed E-state index contributed by atoms with van der Waals surface area (Å²) in [5.41, 5.74) is 3.62. The average molecular weight is 317 g/mol. The molecular weight excluding hydrogens is 300 g/mol. The number of pyridine rings is 1. The predicted octanol–water partition coefficient (Wildman–Crippen LogP) is 4.72. The highest BCUT2D eigenvalue weighted by Gasteiger charge is 2.32. The molecule has 19 heavy (non-hydrogen) atoms. The first kappa shape index (κ1) is 12.7. The maximum absolute atomic E-state index is 4.36. The molecule has 1 fully saturated rings. The van der Waals surface area contributed by atoms with Gasteiger partial charge in [0.1, 0.15) is 4.60 Å². The number of hydrogen-bond acceptors (Lipinski definition) is 2. The van der Waals surface area contributed by atoms with E-state index in [1.807, 2.05) is 6.20 Å². The van der Waals surface area contributed by atoms with Crippen molar-refractivity contribution >= 4 is 21.6 Å². The summed E-state index contributed by atoms with van der Waals surface area (Å²) in [6.45, 7) is 2.07. The number of nitrogens with one attached hydrogen (secondary N) is 1. The molecule has 2 aromatic rings. The van der Waals surface area contributed by atoms with Crippen LogP contribution in [0.2, 0.25) is 0 Å². The highest BCUT2D eigenvalue weighted by atomic mass is 79.9. The van der Waals surface area contributed by atoms with Gasteiger partial charge in [0.25, 0.3) is 0 Å². The van der Waals surface area contributed by atoms with Crippen molar-refractivity contribution in [1.82, 2.24) is 4.98 Å². The number of halogens is 1. The maximum atomic E-state index is 4.36. The lowest BCUT2D eigenvalue weighted by Gasteiger charge is -2.20. The predicted molar refractivity (Wildman–Crippen MR) is 82.2 cm³/mol. The fraction of sp³-hybridized carbons (Fsp3) is 0.312. The van der Waals surface area contributed by atoms with Crippen LogP contribution in [0.4, 0.5) is 5.69 Å². The lowest BCUT2D eigenvalue weighted by molar-refractivity contribution is 0.678. The Morgan fingerprint density at radius 3 is 2.63 bits per heavy atom. The molecule has 1 unspecified atom stereocenters. The van der Waals surface area contributed by atoms with E-state index in [4.69, 9.17) is 0 Å². The highest BCUT2D eigenvalue weighted by Crippen LogP contribution is 2.42. The first-order valence-corrected chi connectivity index (χ1v) is 7.47. The Bertz CT molecular complexity index is 564. The van der Waals surface area contributed by atoms with Crippen molar-refractivity contribution in [2.45, 2.75) is 25.8 Å². The first-order chi connectivity index (χ1) is 9.24. The first-order valence-electron chi connectivity index (χ1n) is 6.67. The second kappa shape index (κ2) is 5.33. The van der Waals surface area contributed by atoms with E-state index in [1.54, 1.807) is 0 Å². The Kier molecular flexibility index (Phi) is 3.56. The van der Waals surface area contributed by atoms with Gasteiger partial charge in [-0.1, -0.05) is 30.3 Å². The van der Waals surface area contributed by atoms with E-state index in [0.29, 0.717) is 6.04 Å². The standard InChI is InChI=1S/C16H17BrN2/c1-11-9-14(10-18-16(11)17)19-15(13-7-8-13)12-5-3-2-4-6-12/h2-6,9-10,13,15,19H,7-8H2,1H3. The number of nitrogens with zero attached hydrogens (tertiary/aromatic N) is 1. The van der Waals surface area contributed by atoms with Gasteiger partial charge in [-0.05, 0) is 58.8 Å². The molecule has 1 saturated carbocycles. The molecule has 1 aliphatic rings. The minimum atomic E-state index is 0.406. The molecule has 0 spiro atoms. The van der Waals surface area contributed by atoms with Gasteiger partial charge in [-0.25, -0.2) is 4.98 Å². The molecule has 1 aliphatic carbocycles. The smallest absolute Gasteiger partial charge is 0.109 e. The molecule has 0 bridgehead atoms. The molecule has 1 aromatic heterocycles. The molecular formula is C16H17BrN2. The van der Waals surface area contributed by atoms with Crippen LogP contribution in [0.1, 0.15) is 30.0 Å². The van der Waals surface area contributed by atoms with Crippen LogP contribution >= 0.6 is 15.9 Å². The number of hydrogen-bond donors (Lipinski definition) is 1. The molecule has 0 radical (unpaired) electrons. The summed E-state index contributed by atoms with van der Waals surface area (Å²) in [5, 5.41) is 3.64. The number of aryl methyl sites for hydroxylation is 1. The van der Waals surface area contributed by atoms with Gasteiger partial charge in [0, 0.05) is 0 Å². The molecule has 1 atom stereocenters. The third-order valence-electron chi connectivity index (χ3n) is 3.59. The van der Waals surface area contributed by atoms with Crippen LogP contribution in [-0.4, -0.2) is 4.98 Å².